The van der Waals surface area contributed by atoms with Gasteiger partial charge in [0, 0.05) is 30.4 Å². The largest absolute Gasteiger partial charge is 0.496 e. The van der Waals surface area contributed by atoms with Gasteiger partial charge in [-0.15, -0.1) is 12.8 Å². The number of ether oxygens (including phenoxy) is 1. The first-order valence-electron chi connectivity index (χ1n) is 12.6. The highest BCUT2D eigenvalue weighted by Crippen LogP contribution is 2.29. The maximum atomic E-state index is 8.21. The second-order valence-corrected chi connectivity index (χ2v) is 8.12. The Labute approximate surface area is 220 Å². The average molecular weight is 486 g/mol. The summed E-state index contributed by atoms with van der Waals surface area (Å²) in [5.41, 5.74) is 5.93. The summed E-state index contributed by atoms with van der Waals surface area (Å²) in [6.45, 7) is 12.6. The van der Waals surface area contributed by atoms with Crippen LogP contribution in [0.5, 0.6) is 5.75 Å². The zero-order valence-electron chi connectivity index (χ0n) is 23.0. The van der Waals surface area contributed by atoms with Crippen LogP contribution in [0.25, 0.3) is 11.1 Å². The van der Waals surface area contributed by atoms with Crippen LogP contribution < -0.4 is 4.74 Å². The van der Waals surface area contributed by atoms with Crippen LogP contribution in [0.3, 0.4) is 0 Å². The van der Waals surface area contributed by atoms with E-state index in [1.807, 2.05) is 50.7 Å². The molecule has 0 bridgehead atoms. The SMILES string of the molecule is C#C.C/C=C(/C#N)CC.CCCC1=CN=CN(CCC)C1.COc1ccccc1-c1ccc(C)cc1. The van der Waals surface area contributed by atoms with Crippen LogP contribution >= 0.6 is 0 Å². The number of benzene rings is 2. The number of methoxy groups -OCH3 is 1. The zero-order chi connectivity index (χ0) is 27.2. The Morgan fingerprint density at radius 1 is 1.08 bits per heavy atom. The van der Waals surface area contributed by atoms with Gasteiger partial charge in [0.15, 0.2) is 0 Å². The second kappa shape index (κ2) is 20.6. The molecule has 0 aromatic heterocycles. The van der Waals surface area contributed by atoms with Crippen molar-refractivity contribution in [1.82, 2.24) is 4.90 Å². The molecule has 1 aliphatic rings. The standard InChI is InChI=1S/C14H14O.C10H18N2.C6H9N.C2H2/c1-11-7-9-12(10-8-11)13-5-3-4-6-14(13)15-2;1-3-5-10-7-11-9-12(8-10)6-4-2;1-3-6(4-2)5-7;1-2/h3-10H,1-2H3;7,9H,3-6,8H2,1-2H3;3H,4H2,1-2H3;1-2H/b;;6-3+;. The molecule has 4 nitrogen and oxygen atoms in total. The normalized spacial score (nSPS) is 11.8. The van der Waals surface area contributed by atoms with Crippen LogP contribution in [0.4, 0.5) is 0 Å². The van der Waals surface area contributed by atoms with Crippen molar-refractivity contribution < 1.29 is 4.74 Å². The van der Waals surface area contributed by atoms with Gasteiger partial charge in [0.2, 0.25) is 0 Å². The highest BCUT2D eigenvalue weighted by atomic mass is 16.5. The molecule has 0 atom stereocenters. The van der Waals surface area contributed by atoms with E-state index in [4.69, 9.17) is 10.00 Å². The summed E-state index contributed by atoms with van der Waals surface area (Å²) in [4.78, 5) is 6.50. The zero-order valence-corrected chi connectivity index (χ0v) is 23.0. The predicted molar refractivity (Wildman–Crippen MR) is 156 cm³/mol. The van der Waals surface area contributed by atoms with Gasteiger partial charge >= 0.3 is 0 Å². The topological polar surface area (TPSA) is 48.6 Å². The number of hydrogen-bond acceptors (Lipinski definition) is 4. The second-order valence-electron chi connectivity index (χ2n) is 8.12. The lowest BCUT2D eigenvalue weighted by Gasteiger charge is -2.22. The number of para-hydroxylation sites is 1. The molecule has 0 saturated heterocycles. The fraction of sp³-hybridized carbons (Fsp3) is 0.375. The summed E-state index contributed by atoms with van der Waals surface area (Å²) >= 11 is 0. The Hall–Kier alpha value is -3.76. The Morgan fingerprint density at radius 2 is 1.75 bits per heavy atom. The van der Waals surface area contributed by atoms with E-state index < -0.39 is 0 Å². The monoisotopic (exact) mass is 485 g/mol. The molecule has 192 valence electrons. The van der Waals surface area contributed by atoms with E-state index in [1.165, 1.54) is 36.0 Å². The van der Waals surface area contributed by atoms with Crippen LogP contribution in [0.15, 0.2) is 76.9 Å². The summed E-state index contributed by atoms with van der Waals surface area (Å²) in [5, 5.41) is 8.21. The molecule has 0 saturated carbocycles. The molecule has 0 aliphatic carbocycles. The number of aryl methyl sites for hydroxylation is 1. The van der Waals surface area contributed by atoms with Gasteiger partial charge in [0.25, 0.3) is 0 Å². The molecule has 4 heteroatoms. The number of allylic oxidation sites excluding steroid dienone is 2. The van der Waals surface area contributed by atoms with Crippen molar-refractivity contribution >= 4 is 6.34 Å². The Morgan fingerprint density at radius 3 is 2.25 bits per heavy atom. The predicted octanol–water partition coefficient (Wildman–Crippen LogP) is 8.21. The summed E-state index contributed by atoms with van der Waals surface area (Å²) in [5.74, 6) is 0.918. The Balaban J connectivity index is 0.000000524. The van der Waals surface area contributed by atoms with Gasteiger partial charge in [-0.1, -0.05) is 81.3 Å². The number of aliphatic imine (C=N–C) groups is 1. The van der Waals surface area contributed by atoms with Crippen molar-refractivity contribution in [2.24, 2.45) is 4.99 Å². The molecular formula is C32H43N3O. The van der Waals surface area contributed by atoms with Gasteiger partial charge in [-0.05, 0) is 50.3 Å². The molecule has 2 aromatic carbocycles. The lowest BCUT2D eigenvalue weighted by Crippen LogP contribution is -2.27. The molecule has 36 heavy (non-hydrogen) atoms. The number of hydrogen-bond donors (Lipinski definition) is 0. The molecule has 0 fully saturated rings. The molecule has 0 N–H and O–H groups in total. The van der Waals surface area contributed by atoms with E-state index in [0.717, 1.165) is 36.4 Å². The van der Waals surface area contributed by atoms with Gasteiger partial charge < -0.3 is 9.64 Å². The van der Waals surface area contributed by atoms with E-state index in [0.29, 0.717) is 0 Å². The molecule has 0 amide bonds. The summed E-state index contributed by atoms with van der Waals surface area (Å²) in [7, 11) is 1.70. The fourth-order valence-electron chi connectivity index (χ4n) is 3.43. The van der Waals surface area contributed by atoms with Crippen LogP contribution in [0.1, 0.15) is 58.9 Å². The van der Waals surface area contributed by atoms with Gasteiger partial charge in [-0.25, -0.2) is 4.99 Å². The molecule has 0 unspecified atom stereocenters. The Kier molecular flexibility index (Phi) is 18.4. The quantitative estimate of drug-likeness (QED) is 0.293. The highest BCUT2D eigenvalue weighted by molar-refractivity contribution is 5.70. The minimum atomic E-state index is 0.854. The van der Waals surface area contributed by atoms with Crippen molar-refractivity contribution in [1.29, 1.82) is 5.26 Å². The minimum Gasteiger partial charge on any atom is -0.496 e. The molecular weight excluding hydrogens is 442 g/mol. The van der Waals surface area contributed by atoms with E-state index >= 15 is 0 Å². The third kappa shape index (κ3) is 12.6. The van der Waals surface area contributed by atoms with Crippen LogP contribution in [0.2, 0.25) is 0 Å². The number of terminal acetylenes is 1. The van der Waals surface area contributed by atoms with Gasteiger partial charge in [-0.3, -0.25) is 0 Å². The van der Waals surface area contributed by atoms with Crippen molar-refractivity contribution in [3.63, 3.8) is 0 Å². The summed E-state index contributed by atoms with van der Waals surface area (Å²) in [6, 6.07) is 18.6. The van der Waals surface area contributed by atoms with E-state index in [9.17, 15) is 0 Å². The number of nitriles is 1. The van der Waals surface area contributed by atoms with Crippen molar-refractivity contribution in [2.75, 3.05) is 20.2 Å². The third-order valence-electron chi connectivity index (χ3n) is 5.32. The van der Waals surface area contributed by atoms with Gasteiger partial charge in [-0.2, -0.15) is 5.26 Å². The smallest absolute Gasteiger partial charge is 0.126 e. The van der Waals surface area contributed by atoms with E-state index in [-0.39, 0.29) is 0 Å². The van der Waals surface area contributed by atoms with Gasteiger partial charge in [0.1, 0.15) is 5.75 Å². The van der Waals surface area contributed by atoms with Crippen LogP contribution in [0, 0.1) is 31.1 Å². The number of nitrogens with zero attached hydrogens (tertiary/aromatic N) is 3. The first-order valence-corrected chi connectivity index (χ1v) is 12.6. The first kappa shape index (κ1) is 32.2. The van der Waals surface area contributed by atoms with Crippen LogP contribution in [-0.2, 0) is 0 Å². The molecule has 0 spiro atoms. The maximum Gasteiger partial charge on any atom is 0.126 e. The lowest BCUT2D eigenvalue weighted by atomic mass is 10.0. The van der Waals surface area contributed by atoms with E-state index in [1.54, 1.807) is 7.11 Å². The van der Waals surface area contributed by atoms with Crippen molar-refractivity contribution in [2.45, 2.75) is 60.3 Å². The summed E-state index contributed by atoms with van der Waals surface area (Å²) < 4.78 is 5.33. The van der Waals surface area contributed by atoms with Crippen LogP contribution in [-0.4, -0.2) is 31.4 Å². The first-order chi connectivity index (χ1) is 17.5. The van der Waals surface area contributed by atoms with Crippen molar-refractivity contribution in [3.8, 4) is 35.8 Å². The third-order valence-corrected chi connectivity index (χ3v) is 5.32. The summed E-state index contributed by atoms with van der Waals surface area (Å²) in [6.07, 6.45) is 18.3. The maximum absolute atomic E-state index is 8.21. The lowest BCUT2D eigenvalue weighted by molar-refractivity contribution is 0.416. The molecule has 2 aromatic rings. The number of rotatable bonds is 7. The Bertz CT molecular complexity index is 1010. The molecule has 3 rings (SSSR count). The highest BCUT2D eigenvalue weighted by Gasteiger charge is 2.06. The fourth-order valence-corrected chi connectivity index (χ4v) is 3.43. The van der Waals surface area contributed by atoms with Gasteiger partial charge in [0.05, 0.1) is 19.5 Å². The van der Waals surface area contributed by atoms with Crippen molar-refractivity contribution in [3.05, 3.63) is 77.5 Å². The van der Waals surface area contributed by atoms with E-state index in [2.05, 4.69) is 79.9 Å². The molecule has 1 aliphatic heterocycles. The molecule has 0 radical (unpaired) electrons. The molecule has 1 heterocycles. The average Bonchev–Trinajstić information content (AvgIpc) is 2.93. The minimum absolute atomic E-state index is 0.854.